The van der Waals surface area contributed by atoms with Crippen molar-refractivity contribution in [1.82, 2.24) is 0 Å². The molecule has 0 aromatic heterocycles. The van der Waals surface area contributed by atoms with Gasteiger partial charge in [-0.05, 0) is 99.3 Å². The van der Waals surface area contributed by atoms with Crippen LogP contribution >= 0.6 is 0 Å². The molecule has 0 saturated heterocycles. The van der Waals surface area contributed by atoms with Gasteiger partial charge in [0.2, 0.25) is 17.1 Å². The number of rotatable bonds is 4. The maximum atomic E-state index is 2.50. The SMILES string of the molecule is C1=C(c2ccccc2)[N+](c2cccc3c2-c2cc4ccccc4cc2C32c3ccccc3N(c3ccccc3)c3ccccc32)=C1c1ccccc1. The molecule has 0 N–H and O–H groups in total. The number of fused-ring (bicyclic) bond motifs is 10. The molecule has 0 amide bonds. The second-order valence-electron chi connectivity index (χ2n) is 13.9. The molecular weight excluding hydrogens is 629 g/mol. The minimum Gasteiger partial charge on any atom is -0.310 e. The van der Waals surface area contributed by atoms with E-state index in [9.17, 15) is 0 Å². The molecule has 2 heteroatoms. The molecule has 0 saturated carbocycles. The van der Waals surface area contributed by atoms with Crippen LogP contribution in [-0.4, -0.2) is 10.3 Å². The van der Waals surface area contributed by atoms with Gasteiger partial charge in [-0.3, -0.25) is 0 Å². The van der Waals surface area contributed by atoms with Crippen molar-refractivity contribution in [1.29, 1.82) is 0 Å². The molecule has 2 nitrogen and oxygen atoms in total. The summed E-state index contributed by atoms with van der Waals surface area (Å²) in [7, 11) is 0. The minimum absolute atomic E-state index is 0.544. The van der Waals surface area contributed by atoms with E-state index in [-0.39, 0.29) is 0 Å². The Bertz CT molecular complexity index is 2730. The highest BCUT2D eigenvalue weighted by Crippen LogP contribution is 2.65. The normalized spacial score (nSPS) is 14.7. The number of nitrogens with zero attached hydrogens (tertiary/aromatic N) is 2. The zero-order chi connectivity index (χ0) is 34.2. The minimum atomic E-state index is -0.544. The average molecular weight is 662 g/mol. The summed E-state index contributed by atoms with van der Waals surface area (Å²) in [6, 6.07) is 71.3. The smallest absolute Gasteiger partial charge is 0.225 e. The molecule has 2 heterocycles. The van der Waals surface area contributed by atoms with Gasteiger partial charge in [-0.1, -0.05) is 127 Å². The van der Waals surface area contributed by atoms with E-state index in [1.807, 2.05) is 0 Å². The maximum Gasteiger partial charge on any atom is 0.225 e. The van der Waals surface area contributed by atoms with Gasteiger partial charge in [0.1, 0.15) is 0 Å². The van der Waals surface area contributed by atoms with Crippen LogP contribution in [-0.2, 0) is 5.41 Å². The Morgan fingerprint density at radius 2 is 0.962 bits per heavy atom. The van der Waals surface area contributed by atoms with Gasteiger partial charge in [0.05, 0.1) is 28.4 Å². The van der Waals surface area contributed by atoms with Crippen LogP contribution in [0.3, 0.4) is 0 Å². The van der Waals surface area contributed by atoms with E-state index in [2.05, 4.69) is 210 Å². The van der Waals surface area contributed by atoms with E-state index in [0.717, 1.165) is 5.69 Å². The summed E-state index contributed by atoms with van der Waals surface area (Å²) in [6.07, 6.45) is 2.35. The molecule has 8 aromatic carbocycles. The van der Waals surface area contributed by atoms with Crippen LogP contribution in [0.25, 0.3) is 27.6 Å². The van der Waals surface area contributed by atoms with Crippen molar-refractivity contribution in [2.24, 2.45) is 0 Å². The molecule has 11 rings (SSSR count). The fourth-order valence-electron chi connectivity index (χ4n) is 9.13. The number of benzene rings is 8. The Morgan fingerprint density at radius 1 is 0.423 bits per heavy atom. The lowest BCUT2D eigenvalue weighted by Gasteiger charge is -2.45. The summed E-state index contributed by atoms with van der Waals surface area (Å²) in [5.41, 5.74) is 16.8. The lowest BCUT2D eigenvalue weighted by Crippen LogP contribution is -2.36. The van der Waals surface area contributed by atoms with Crippen LogP contribution in [0, 0.1) is 0 Å². The van der Waals surface area contributed by atoms with Crippen molar-refractivity contribution < 1.29 is 4.58 Å². The predicted octanol–water partition coefficient (Wildman–Crippen LogP) is 12.2. The third-order valence-corrected chi connectivity index (χ3v) is 11.3. The second kappa shape index (κ2) is 11.1. The van der Waals surface area contributed by atoms with Crippen molar-refractivity contribution >= 4 is 44.9 Å². The molecule has 2 aliphatic heterocycles. The zero-order valence-electron chi connectivity index (χ0n) is 28.4. The number of anilines is 3. The first-order chi connectivity index (χ1) is 25.8. The fraction of sp³-hybridized carbons (Fsp3) is 0.0200. The number of hydrogen-bond acceptors (Lipinski definition) is 1. The summed E-state index contributed by atoms with van der Waals surface area (Å²) >= 11 is 0. The van der Waals surface area contributed by atoms with Crippen LogP contribution in [0.2, 0.25) is 0 Å². The molecule has 0 bridgehead atoms. The number of hydrogen-bond donors (Lipinski definition) is 0. The summed E-state index contributed by atoms with van der Waals surface area (Å²) in [5.74, 6) is 0. The fourth-order valence-corrected chi connectivity index (χ4v) is 9.13. The van der Waals surface area contributed by atoms with Crippen molar-refractivity contribution in [2.75, 3.05) is 4.90 Å². The third kappa shape index (κ3) is 3.92. The summed E-state index contributed by atoms with van der Waals surface area (Å²) in [5, 5.41) is 2.50. The van der Waals surface area contributed by atoms with E-state index < -0.39 is 5.41 Å². The molecular formula is C50H33N2+. The van der Waals surface area contributed by atoms with Crippen molar-refractivity contribution in [3.05, 3.63) is 234 Å². The van der Waals surface area contributed by atoms with E-state index in [1.165, 1.54) is 83.8 Å². The summed E-state index contributed by atoms with van der Waals surface area (Å²) in [4.78, 5) is 2.45. The first-order valence-corrected chi connectivity index (χ1v) is 18.0. The van der Waals surface area contributed by atoms with E-state index in [0.29, 0.717) is 0 Å². The maximum absolute atomic E-state index is 2.50. The largest absolute Gasteiger partial charge is 0.310 e. The molecule has 0 atom stereocenters. The van der Waals surface area contributed by atoms with Crippen molar-refractivity contribution in [3.63, 3.8) is 0 Å². The molecule has 1 aliphatic carbocycles. The van der Waals surface area contributed by atoms with Gasteiger partial charge in [0.25, 0.3) is 0 Å². The average Bonchev–Trinajstić information content (AvgIpc) is 3.48. The van der Waals surface area contributed by atoms with Gasteiger partial charge in [0, 0.05) is 22.9 Å². The highest BCUT2D eigenvalue weighted by molar-refractivity contribution is 6.15. The number of allylic oxidation sites excluding steroid dienone is 1. The first kappa shape index (κ1) is 29.0. The quantitative estimate of drug-likeness (QED) is 0.170. The van der Waals surface area contributed by atoms with Crippen LogP contribution < -0.4 is 4.90 Å². The van der Waals surface area contributed by atoms with Crippen LogP contribution in [0.15, 0.2) is 200 Å². The van der Waals surface area contributed by atoms with Crippen LogP contribution in [0.5, 0.6) is 0 Å². The molecule has 1 spiro atoms. The van der Waals surface area contributed by atoms with Crippen LogP contribution in [0.4, 0.5) is 22.7 Å². The Hall–Kier alpha value is -6.77. The van der Waals surface area contributed by atoms with Gasteiger partial charge in [0.15, 0.2) is 0 Å². The Labute approximate surface area is 303 Å². The summed E-state index contributed by atoms with van der Waals surface area (Å²) in [6.45, 7) is 0. The van der Waals surface area contributed by atoms with E-state index in [1.54, 1.807) is 0 Å². The van der Waals surface area contributed by atoms with E-state index in [4.69, 9.17) is 0 Å². The summed E-state index contributed by atoms with van der Waals surface area (Å²) < 4.78 is 2.50. The predicted molar refractivity (Wildman–Crippen MR) is 214 cm³/mol. The van der Waals surface area contributed by atoms with Gasteiger partial charge >= 0.3 is 0 Å². The first-order valence-electron chi connectivity index (χ1n) is 18.0. The second-order valence-corrected chi connectivity index (χ2v) is 13.9. The molecule has 242 valence electrons. The molecule has 0 unspecified atom stereocenters. The molecule has 0 radical (unpaired) electrons. The van der Waals surface area contributed by atoms with Crippen LogP contribution in [0.1, 0.15) is 33.4 Å². The monoisotopic (exact) mass is 661 g/mol. The highest BCUT2D eigenvalue weighted by atomic mass is 15.2. The topological polar surface area (TPSA) is 6.25 Å². The Balaban J connectivity index is 1.27. The van der Waals surface area contributed by atoms with Crippen molar-refractivity contribution in [3.8, 4) is 11.1 Å². The Morgan fingerprint density at radius 3 is 1.63 bits per heavy atom. The highest BCUT2D eigenvalue weighted by Gasteiger charge is 2.54. The zero-order valence-corrected chi connectivity index (χ0v) is 28.4. The van der Waals surface area contributed by atoms with Gasteiger partial charge in [-0.2, -0.15) is 4.58 Å². The molecule has 0 fully saturated rings. The third-order valence-electron chi connectivity index (χ3n) is 11.3. The lowest BCUT2D eigenvalue weighted by atomic mass is 9.64. The van der Waals surface area contributed by atoms with E-state index >= 15 is 0 Å². The van der Waals surface area contributed by atoms with Gasteiger partial charge < -0.3 is 4.90 Å². The lowest BCUT2D eigenvalue weighted by molar-refractivity contribution is -0.341. The molecule has 8 aromatic rings. The molecule has 3 aliphatic rings. The Kier molecular flexibility index (Phi) is 6.20. The van der Waals surface area contributed by atoms with Gasteiger partial charge in [-0.15, -0.1) is 0 Å². The number of para-hydroxylation sites is 3. The van der Waals surface area contributed by atoms with Gasteiger partial charge in [-0.25, -0.2) is 0 Å². The van der Waals surface area contributed by atoms with Crippen molar-refractivity contribution in [2.45, 2.75) is 5.41 Å². The molecule has 52 heavy (non-hydrogen) atoms. The standard InChI is InChI=1S/C50H33N2/c1-4-17-34(18-5-1)47-33-48(35-19-6-2-7-20-35)52(47)46-30-16-27-42-49(46)39-31-36-21-10-11-22-37(36)32-43(39)50(42)40-25-12-14-28-44(40)51(38-23-8-3-9-24-38)45-29-15-13-26-41(45)50/h1-33H/q+1.